The van der Waals surface area contributed by atoms with Gasteiger partial charge in [0.1, 0.15) is 5.75 Å². The molecule has 0 saturated heterocycles. The summed E-state index contributed by atoms with van der Waals surface area (Å²) in [6, 6.07) is 4.41. The SMILES string of the molecule is CNC(=S)NNC(=O)Nc1cc(Cl)ccc1OC. The summed E-state index contributed by atoms with van der Waals surface area (Å²) in [5, 5.41) is 6.01. The number of carbonyl (C=O) groups is 1. The maximum atomic E-state index is 11.5. The summed E-state index contributed by atoms with van der Waals surface area (Å²) in [5.74, 6) is 0.505. The van der Waals surface area contributed by atoms with Crippen molar-refractivity contribution in [3.63, 3.8) is 0 Å². The first-order chi connectivity index (χ1) is 8.56. The molecule has 0 heterocycles. The molecule has 0 spiro atoms. The minimum absolute atomic E-state index is 0.295. The molecule has 0 aliphatic rings. The number of methoxy groups -OCH3 is 1. The second-order valence-electron chi connectivity index (χ2n) is 3.13. The van der Waals surface area contributed by atoms with Crippen molar-refractivity contribution in [1.29, 1.82) is 0 Å². The minimum atomic E-state index is -0.492. The van der Waals surface area contributed by atoms with Crippen molar-refractivity contribution in [1.82, 2.24) is 16.2 Å². The van der Waals surface area contributed by atoms with Crippen LogP contribution in [0.25, 0.3) is 0 Å². The molecule has 18 heavy (non-hydrogen) atoms. The van der Waals surface area contributed by atoms with E-state index in [2.05, 4.69) is 21.5 Å². The van der Waals surface area contributed by atoms with Crippen molar-refractivity contribution in [2.24, 2.45) is 0 Å². The Morgan fingerprint density at radius 2 is 2.11 bits per heavy atom. The largest absolute Gasteiger partial charge is 0.495 e. The molecular weight excluding hydrogens is 276 g/mol. The smallest absolute Gasteiger partial charge is 0.338 e. The predicted molar refractivity (Wildman–Crippen MR) is 75.0 cm³/mol. The minimum Gasteiger partial charge on any atom is -0.495 e. The van der Waals surface area contributed by atoms with Gasteiger partial charge in [0.25, 0.3) is 0 Å². The van der Waals surface area contributed by atoms with Crippen molar-refractivity contribution in [3.8, 4) is 5.75 Å². The molecule has 0 aliphatic heterocycles. The Hall–Kier alpha value is -1.73. The molecule has 0 unspecified atom stereocenters. The van der Waals surface area contributed by atoms with E-state index in [0.29, 0.717) is 21.6 Å². The summed E-state index contributed by atoms with van der Waals surface area (Å²) in [7, 11) is 3.13. The van der Waals surface area contributed by atoms with Gasteiger partial charge in [-0.15, -0.1) is 0 Å². The maximum absolute atomic E-state index is 11.5. The lowest BCUT2D eigenvalue weighted by molar-refractivity contribution is 0.250. The molecular formula is C10H13ClN4O2S. The average molecular weight is 289 g/mol. The van der Waals surface area contributed by atoms with Gasteiger partial charge in [-0.2, -0.15) is 0 Å². The van der Waals surface area contributed by atoms with Crippen molar-refractivity contribution >= 4 is 40.6 Å². The highest BCUT2D eigenvalue weighted by Gasteiger charge is 2.07. The number of urea groups is 1. The van der Waals surface area contributed by atoms with Gasteiger partial charge in [-0.3, -0.25) is 5.43 Å². The Labute approximate surface area is 115 Å². The van der Waals surface area contributed by atoms with Gasteiger partial charge in [0.15, 0.2) is 5.11 Å². The fourth-order valence-electron chi connectivity index (χ4n) is 1.11. The summed E-state index contributed by atoms with van der Waals surface area (Å²) in [6.45, 7) is 0. The van der Waals surface area contributed by atoms with E-state index in [9.17, 15) is 4.79 Å². The standard InChI is InChI=1S/C10H13ClN4O2S/c1-12-10(18)15-14-9(16)13-7-5-6(11)3-4-8(7)17-2/h3-5H,1-2H3,(H2,12,15,18)(H2,13,14,16). The second kappa shape index (κ2) is 6.87. The van der Waals surface area contributed by atoms with E-state index in [1.165, 1.54) is 7.11 Å². The third-order valence-electron chi connectivity index (χ3n) is 1.93. The van der Waals surface area contributed by atoms with Gasteiger partial charge in [-0.05, 0) is 30.4 Å². The van der Waals surface area contributed by atoms with Gasteiger partial charge in [-0.1, -0.05) is 11.6 Å². The number of amides is 2. The molecule has 0 bridgehead atoms. The summed E-state index contributed by atoms with van der Waals surface area (Å²) < 4.78 is 5.09. The molecule has 0 radical (unpaired) electrons. The molecule has 1 aromatic rings. The number of ether oxygens (including phenoxy) is 1. The Balaban J connectivity index is 2.63. The molecule has 0 aliphatic carbocycles. The molecule has 8 heteroatoms. The Bertz CT molecular complexity index is 456. The second-order valence-corrected chi connectivity index (χ2v) is 3.97. The van der Waals surface area contributed by atoms with Crippen LogP contribution in [-0.4, -0.2) is 25.3 Å². The summed E-state index contributed by atoms with van der Waals surface area (Å²) in [5.41, 5.74) is 5.30. The number of hydrogen-bond donors (Lipinski definition) is 4. The zero-order valence-corrected chi connectivity index (χ0v) is 11.4. The summed E-state index contributed by atoms with van der Waals surface area (Å²) in [4.78, 5) is 11.5. The van der Waals surface area contributed by atoms with Crippen molar-refractivity contribution in [2.75, 3.05) is 19.5 Å². The number of benzene rings is 1. The Kier molecular flexibility index (Phi) is 5.47. The van der Waals surface area contributed by atoms with E-state index in [0.717, 1.165) is 0 Å². The number of thiocarbonyl (C=S) groups is 1. The first-order valence-electron chi connectivity index (χ1n) is 4.95. The number of carbonyl (C=O) groups excluding carboxylic acids is 1. The first kappa shape index (κ1) is 14.3. The fraction of sp³-hybridized carbons (Fsp3) is 0.200. The highest BCUT2D eigenvalue weighted by Crippen LogP contribution is 2.27. The third-order valence-corrected chi connectivity index (χ3v) is 2.47. The highest BCUT2D eigenvalue weighted by atomic mass is 35.5. The normalized spacial score (nSPS) is 9.28. The summed E-state index contributed by atoms with van der Waals surface area (Å²) in [6.07, 6.45) is 0. The van der Waals surface area contributed by atoms with Gasteiger partial charge in [0.2, 0.25) is 0 Å². The van der Waals surface area contributed by atoms with Crippen LogP contribution in [0.4, 0.5) is 10.5 Å². The number of rotatable bonds is 2. The van der Waals surface area contributed by atoms with Crippen LogP contribution in [0.5, 0.6) is 5.75 Å². The number of hydrogen-bond acceptors (Lipinski definition) is 3. The average Bonchev–Trinajstić information content (AvgIpc) is 2.36. The Morgan fingerprint density at radius 3 is 2.72 bits per heavy atom. The molecule has 98 valence electrons. The molecule has 6 nitrogen and oxygen atoms in total. The van der Waals surface area contributed by atoms with E-state index < -0.39 is 6.03 Å². The predicted octanol–water partition coefficient (Wildman–Crippen LogP) is 1.48. The summed E-state index contributed by atoms with van der Waals surface area (Å²) >= 11 is 10.6. The molecule has 0 saturated carbocycles. The number of halogens is 1. The highest BCUT2D eigenvalue weighted by molar-refractivity contribution is 7.80. The van der Waals surface area contributed by atoms with Crippen LogP contribution >= 0.6 is 23.8 Å². The van der Waals surface area contributed by atoms with Gasteiger partial charge in [-0.25, -0.2) is 10.2 Å². The zero-order chi connectivity index (χ0) is 13.5. The van der Waals surface area contributed by atoms with Crippen molar-refractivity contribution < 1.29 is 9.53 Å². The molecule has 1 aromatic carbocycles. The fourth-order valence-corrected chi connectivity index (χ4v) is 1.33. The van der Waals surface area contributed by atoms with Gasteiger partial charge < -0.3 is 15.4 Å². The lowest BCUT2D eigenvalue weighted by atomic mass is 10.3. The van der Waals surface area contributed by atoms with E-state index in [1.807, 2.05) is 0 Å². The lowest BCUT2D eigenvalue weighted by Crippen LogP contribution is -2.47. The number of nitrogens with one attached hydrogen (secondary N) is 4. The number of hydrazine groups is 1. The monoisotopic (exact) mass is 288 g/mol. The topological polar surface area (TPSA) is 74.4 Å². The number of anilines is 1. The maximum Gasteiger partial charge on any atom is 0.338 e. The first-order valence-corrected chi connectivity index (χ1v) is 5.73. The van der Waals surface area contributed by atoms with E-state index in [4.69, 9.17) is 28.6 Å². The van der Waals surface area contributed by atoms with Gasteiger partial charge in [0, 0.05) is 12.1 Å². The molecule has 0 atom stereocenters. The van der Waals surface area contributed by atoms with E-state index in [1.54, 1.807) is 25.2 Å². The molecule has 4 N–H and O–H groups in total. The van der Waals surface area contributed by atoms with Crippen LogP contribution in [0.1, 0.15) is 0 Å². The molecule has 2 amide bonds. The van der Waals surface area contributed by atoms with Crippen LogP contribution in [0.2, 0.25) is 5.02 Å². The van der Waals surface area contributed by atoms with E-state index >= 15 is 0 Å². The lowest BCUT2D eigenvalue weighted by Gasteiger charge is -2.12. The Morgan fingerprint density at radius 1 is 1.39 bits per heavy atom. The van der Waals surface area contributed by atoms with E-state index in [-0.39, 0.29) is 0 Å². The molecule has 0 fully saturated rings. The van der Waals surface area contributed by atoms with Crippen LogP contribution in [0, 0.1) is 0 Å². The molecule has 0 aromatic heterocycles. The van der Waals surface area contributed by atoms with Crippen LogP contribution < -0.4 is 26.2 Å². The van der Waals surface area contributed by atoms with Crippen molar-refractivity contribution in [2.45, 2.75) is 0 Å². The van der Waals surface area contributed by atoms with Crippen LogP contribution in [-0.2, 0) is 0 Å². The quantitative estimate of drug-likeness (QED) is 0.490. The van der Waals surface area contributed by atoms with Crippen LogP contribution in [0.3, 0.4) is 0 Å². The molecule has 1 rings (SSSR count). The van der Waals surface area contributed by atoms with Crippen molar-refractivity contribution in [3.05, 3.63) is 23.2 Å². The zero-order valence-electron chi connectivity index (χ0n) is 9.83. The third kappa shape index (κ3) is 4.27. The van der Waals surface area contributed by atoms with Crippen LogP contribution in [0.15, 0.2) is 18.2 Å². The van der Waals surface area contributed by atoms with Gasteiger partial charge in [0.05, 0.1) is 12.8 Å². The van der Waals surface area contributed by atoms with Gasteiger partial charge >= 0.3 is 6.03 Å².